The topological polar surface area (TPSA) is 42.0 Å². The van der Waals surface area contributed by atoms with Gasteiger partial charge in [-0.25, -0.2) is 4.98 Å². The van der Waals surface area contributed by atoms with Gasteiger partial charge in [0, 0.05) is 28.4 Å². The van der Waals surface area contributed by atoms with Crippen LogP contribution in [0.5, 0.6) is 0 Å². The van der Waals surface area contributed by atoms with E-state index in [1.165, 1.54) is 5.56 Å². The molecule has 1 aromatic heterocycles. The first kappa shape index (κ1) is 16.0. The smallest absolute Gasteiger partial charge is 0.251 e. The van der Waals surface area contributed by atoms with Gasteiger partial charge in [0.1, 0.15) is 4.34 Å². The van der Waals surface area contributed by atoms with Gasteiger partial charge in [-0.1, -0.05) is 30.8 Å². The van der Waals surface area contributed by atoms with Crippen molar-refractivity contribution in [1.82, 2.24) is 10.3 Å². The van der Waals surface area contributed by atoms with Crippen molar-refractivity contribution in [3.63, 3.8) is 0 Å². The minimum absolute atomic E-state index is 0.000832. The van der Waals surface area contributed by atoms with Gasteiger partial charge in [-0.15, -0.1) is 11.3 Å². The third kappa shape index (κ3) is 4.86. The number of carbonyl (C=O) groups excluding carboxylic acids is 1. The summed E-state index contributed by atoms with van der Waals surface area (Å²) in [4.78, 5) is 16.4. The maximum atomic E-state index is 12.0. The van der Waals surface area contributed by atoms with Gasteiger partial charge < -0.3 is 5.32 Å². The molecule has 1 N–H and O–H groups in total. The minimum Gasteiger partial charge on any atom is -0.350 e. The van der Waals surface area contributed by atoms with Crippen LogP contribution in [0, 0.1) is 6.92 Å². The summed E-state index contributed by atoms with van der Waals surface area (Å²) in [7, 11) is 0. The molecule has 1 aromatic carbocycles. The van der Waals surface area contributed by atoms with Crippen LogP contribution < -0.4 is 5.32 Å². The molecule has 112 valence electrons. The first-order valence-electron chi connectivity index (χ1n) is 7.03. The van der Waals surface area contributed by atoms with Crippen molar-refractivity contribution in [1.29, 1.82) is 0 Å². The third-order valence-corrected chi connectivity index (χ3v) is 5.38. The number of benzene rings is 1. The highest BCUT2D eigenvalue weighted by atomic mass is 32.2. The fourth-order valence-electron chi connectivity index (χ4n) is 1.71. The van der Waals surface area contributed by atoms with Crippen LogP contribution in [0.3, 0.4) is 0 Å². The highest BCUT2D eigenvalue weighted by Crippen LogP contribution is 2.26. The number of thiazole rings is 1. The molecular weight excluding hydrogens is 300 g/mol. The number of aromatic nitrogens is 1. The Kier molecular flexibility index (Phi) is 5.82. The van der Waals surface area contributed by atoms with Gasteiger partial charge in [0.05, 0.1) is 0 Å². The van der Waals surface area contributed by atoms with E-state index in [4.69, 9.17) is 0 Å². The molecule has 0 fully saturated rings. The van der Waals surface area contributed by atoms with E-state index in [0.717, 1.165) is 22.2 Å². The summed E-state index contributed by atoms with van der Waals surface area (Å²) in [6.07, 6.45) is 0.938. The molecule has 0 aliphatic rings. The molecule has 21 heavy (non-hydrogen) atoms. The second-order valence-electron chi connectivity index (χ2n) is 5.02. The van der Waals surface area contributed by atoms with Gasteiger partial charge >= 0.3 is 0 Å². The molecule has 0 saturated heterocycles. The van der Waals surface area contributed by atoms with Gasteiger partial charge in [0.15, 0.2) is 0 Å². The first-order chi connectivity index (χ1) is 10.1. The van der Waals surface area contributed by atoms with E-state index in [-0.39, 0.29) is 11.9 Å². The zero-order valence-electron chi connectivity index (χ0n) is 12.6. The number of hydrogen-bond acceptors (Lipinski definition) is 4. The molecule has 0 bridgehead atoms. The van der Waals surface area contributed by atoms with E-state index < -0.39 is 0 Å². The number of amides is 1. The molecule has 2 aromatic rings. The second kappa shape index (κ2) is 7.61. The van der Waals surface area contributed by atoms with Crippen LogP contribution >= 0.6 is 23.1 Å². The maximum absolute atomic E-state index is 12.0. The lowest BCUT2D eigenvalue weighted by molar-refractivity contribution is 0.0939. The standard InChI is InChI=1S/C16H20N2OS2/c1-4-11(2)17-15(19)14-7-5-13(6-8-14)10-21-16-18-12(3)9-20-16/h5-9,11H,4,10H2,1-3H3,(H,17,19). The van der Waals surface area contributed by atoms with Crippen molar-refractivity contribution in [3.05, 3.63) is 46.5 Å². The Balaban J connectivity index is 1.91. The molecule has 1 heterocycles. The van der Waals surface area contributed by atoms with Gasteiger partial charge in [-0.2, -0.15) is 0 Å². The van der Waals surface area contributed by atoms with Gasteiger partial charge in [-0.3, -0.25) is 4.79 Å². The molecule has 0 aliphatic heterocycles. The molecule has 1 amide bonds. The predicted molar refractivity (Wildman–Crippen MR) is 90.1 cm³/mol. The number of thioether (sulfide) groups is 1. The van der Waals surface area contributed by atoms with E-state index in [2.05, 4.69) is 22.6 Å². The summed E-state index contributed by atoms with van der Waals surface area (Å²) in [6, 6.07) is 8.01. The fourth-order valence-corrected chi connectivity index (χ4v) is 3.51. The van der Waals surface area contributed by atoms with Crippen LogP contribution in [0.2, 0.25) is 0 Å². The van der Waals surface area contributed by atoms with Crippen molar-refractivity contribution < 1.29 is 4.79 Å². The first-order valence-corrected chi connectivity index (χ1v) is 8.89. The predicted octanol–water partition coefficient (Wildman–Crippen LogP) is 4.27. The SMILES string of the molecule is CCC(C)NC(=O)c1ccc(CSc2nc(C)cs2)cc1. The molecular formula is C16H20N2OS2. The molecule has 1 atom stereocenters. The lowest BCUT2D eigenvalue weighted by atomic mass is 10.1. The number of nitrogens with zero attached hydrogens (tertiary/aromatic N) is 1. The van der Waals surface area contributed by atoms with E-state index in [9.17, 15) is 4.79 Å². The summed E-state index contributed by atoms with van der Waals surface area (Å²) in [6.45, 7) is 6.08. The molecule has 3 nitrogen and oxygen atoms in total. The average molecular weight is 320 g/mol. The van der Waals surface area contributed by atoms with Gasteiger partial charge in [0.25, 0.3) is 5.91 Å². The molecule has 0 spiro atoms. The number of nitrogens with one attached hydrogen (secondary N) is 1. The quantitative estimate of drug-likeness (QED) is 0.808. The molecule has 0 aliphatic carbocycles. The largest absolute Gasteiger partial charge is 0.350 e. The second-order valence-corrected chi connectivity index (χ2v) is 7.10. The van der Waals surface area contributed by atoms with Crippen LogP contribution in [0.4, 0.5) is 0 Å². The zero-order valence-corrected chi connectivity index (χ0v) is 14.2. The Morgan fingerprint density at radius 3 is 2.67 bits per heavy atom. The lowest BCUT2D eigenvalue weighted by Gasteiger charge is -2.11. The van der Waals surface area contributed by atoms with Crippen molar-refractivity contribution in [3.8, 4) is 0 Å². The third-order valence-electron chi connectivity index (χ3n) is 3.17. The normalized spacial score (nSPS) is 12.1. The molecule has 0 radical (unpaired) electrons. The number of aryl methyl sites for hydroxylation is 1. The summed E-state index contributed by atoms with van der Waals surface area (Å²) < 4.78 is 1.09. The molecule has 2 rings (SSSR count). The Hall–Kier alpha value is -1.33. The van der Waals surface area contributed by atoms with E-state index in [1.54, 1.807) is 23.1 Å². The summed E-state index contributed by atoms with van der Waals surface area (Å²) >= 11 is 3.40. The molecule has 5 heteroatoms. The minimum atomic E-state index is -0.000832. The number of hydrogen-bond donors (Lipinski definition) is 1. The van der Waals surface area contributed by atoms with E-state index >= 15 is 0 Å². The van der Waals surface area contributed by atoms with Crippen LogP contribution in [0.15, 0.2) is 34.0 Å². The summed E-state index contributed by atoms with van der Waals surface area (Å²) in [5.74, 6) is 0.874. The van der Waals surface area contributed by atoms with Crippen molar-refractivity contribution >= 4 is 29.0 Å². The highest BCUT2D eigenvalue weighted by Gasteiger charge is 2.08. The van der Waals surface area contributed by atoms with E-state index in [1.807, 2.05) is 38.1 Å². The molecule has 1 unspecified atom stereocenters. The van der Waals surface area contributed by atoms with Crippen molar-refractivity contribution in [2.75, 3.05) is 0 Å². The molecule has 0 saturated carbocycles. The Bertz CT molecular complexity index is 593. The maximum Gasteiger partial charge on any atom is 0.251 e. The number of rotatable bonds is 6. The lowest BCUT2D eigenvalue weighted by Crippen LogP contribution is -2.31. The fraction of sp³-hybridized carbons (Fsp3) is 0.375. The van der Waals surface area contributed by atoms with Crippen LogP contribution in [-0.2, 0) is 5.75 Å². The Morgan fingerprint density at radius 2 is 2.10 bits per heavy atom. The van der Waals surface area contributed by atoms with Gasteiger partial charge in [0.2, 0.25) is 0 Å². The average Bonchev–Trinajstić information content (AvgIpc) is 2.91. The zero-order chi connectivity index (χ0) is 15.2. The van der Waals surface area contributed by atoms with Gasteiger partial charge in [-0.05, 0) is 38.0 Å². The van der Waals surface area contributed by atoms with Crippen LogP contribution in [-0.4, -0.2) is 16.9 Å². The van der Waals surface area contributed by atoms with Crippen LogP contribution in [0.1, 0.15) is 41.9 Å². The number of carbonyl (C=O) groups is 1. The van der Waals surface area contributed by atoms with Crippen LogP contribution in [0.25, 0.3) is 0 Å². The van der Waals surface area contributed by atoms with Crippen molar-refractivity contribution in [2.45, 2.75) is 43.3 Å². The monoisotopic (exact) mass is 320 g/mol. The van der Waals surface area contributed by atoms with E-state index in [0.29, 0.717) is 5.56 Å². The van der Waals surface area contributed by atoms with Crippen molar-refractivity contribution in [2.24, 2.45) is 0 Å². The Morgan fingerprint density at radius 1 is 1.38 bits per heavy atom. The highest BCUT2D eigenvalue weighted by molar-refractivity contribution is 8.00. The summed E-state index contributed by atoms with van der Waals surface area (Å²) in [5.41, 5.74) is 2.99. The Labute approximate surface area is 134 Å². The summed E-state index contributed by atoms with van der Waals surface area (Å²) in [5, 5.41) is 5.03.